The van der Waals surface area contributed by atoms with Crippen LogP contribution in [0.25, 0.3) is 0 Å². The van der Waals surface area contributed by atoms with Gasteiger partial charge in [-0.05, 0) is 75.2 Å². The van der Waals surface area contributed by atoms with Crippen molar-refractivity contribution >= 4 is 122 Å². The number of aromatic nitrogens is 1. The Balaban J connectivity index is 1.69. The molecule has 1 saturated heterocycles. The fraction of sp³-hybridized carbons (Fsp3) is 0.613. The van der Waals surface area contributed by atoms with E-state index in [1.165, 1.54) is 36.3 Å². The molecule has 37 heteroatoms. The summed E-state index contributed by atoms with van der Waals surface area (Å²) in [5, 5.41) is 63.4. The maximum Gasteiger partial charge on any atom is 0.426 e. The van der Waals surface area contributed by atoms with Gasteiger partial charge >= 0.3 is 41.9 Å². The highest BCUT2D eigenvalue weighted by atomic mass is 33.1. The zero-order valence-corrected chi connectivity index (χ0v) is 58.9. The lowest BCUT2D eigenvalue weighted by molar-refractivity contribution is -0.160. The fourth-order valence-corrected chi connectivity index (χ4v) is 12.9. The molecule has 99 heavy (non-hydrogen) atoms. The molecular weight excluding hydrogens is 1360 g/mol. The number of rotatable bonds is 42. The predicted molar refractivity (Wildman–Crippen MR) is 356 cm³/mol. The Labute approximate surface area is 583 Å². The third-order valence-corrected chi connectivity index (χ3v) is 18.8. The summed E-state index contributed by atoms with van der Waals surface area (Å²) in [4.78, 5) is 200. The van der Waals surface area contributed by atoms with Gasteiger partial charge in [-0.1, -0.05) is 88.1 Å². The average molecular weight is 1450 g/mol. The SMILES string of the molecule is CCCC(=O)OCN(C(=O)[C@@H](NC(=O)[C@H]1CCCCN1C)C(C)CC)[C@H](C[C@@H](OC(C)=O)c1nc(C(=O)N[C@@H](Cc2ccc(O)cc2)C[C@H](C)C(=O)NNC(=O)OCCSSC[C@@H](NC(=O)[C@H](CC(=O)O)NC(=O)[C@H](CC(=O)O)NC(=O)[C@H](CC(=O)O)NC(C)=O)C(=O)O)cs1)C(C)C. The van der Waals surface area contributed by atoms with Gasteiger partial charge in [-0.2, -0.15) is 0 Å². The zero-order valence-electron chi connectivity index (χ0n) is 56.5. The van der Waals surface area contributed by atoms with Crippen molar-refractivity contribution in [2.45, 2.75) is 187 Å². The number of thiazole rings is 1. The van der Waals surface area contributed by atoms with Gasteiger partial charge in [-0.3, -0.25) is 72.7 Å². The third-order valence-electron chi connectivity index (χ3n) is 15.5. The van der Waals surface area contributed by atoms with E-state index in [-0.39, 0.29) is 72.2 Å². The molecule has 0 spiro atoms. The normalized spacial score (nSPS) is 15.9. The number of likely N-dealkylation sites (tertiary alicyclic amines) is 1. The predicted octanol–water partition coefficient (Wildman–Crippen LogP) is 1.99. The second kappa shape index (κ2) is 42.9. The number of hydrazine groups is 1. The number of hydrogen-bond acceptors (Lipinski definition) is 24. The van der Waals surface area contributed by atoms with E-state index in [1.54, 1.807) is 19.1 Å². The van der Waals surface area contributed by atoms with E-state index in [9.17, 15) is 92.3 Å². The number of ether oxygens (including phenoxy) is 3. The molecular formula is C62H91N11O23S3. The largest absolute Gasteiger partial charge is 0.508 e. The number of carbonyl (C=O) groups excluding carboxylic acids is 11. The summed E-state index contributed by atoms with van der Waals surface area (Å²) in [7, 11) is 3.68. The van der Waals surface area contributed by atoms with E-state index in [2.05, 4.69) is 31.8 Å². The van der Waals surface area contributed by atoms with Crippen LogP contribution in [0.3, 0.4) is 0 Å². The van der Waals surface area contributed by atoms with Gasteiger partial charge in [0.05, 0.1) is 25.3 Å². The molecule has 1 aromatic carbocycles. The molecule has 1 aliphatic rings. The van der Waals surface area contributed by atoms with Crippen molar-refractivity contribution in [1.82, 2.24) is 57.5 Å². The number of likely N-dealkylation sites (N-methyl/N-ethyl adjacent to an activating group) is 1. The van der Waals surface area contributed by atoms with Gasteiger partial charge in [0.1, 0.15) is 53.3 Å². The monoisotopic (exact) mass is 1450 g/mol. The van der Waals surface area contributed by atoms with E-state index in [0.29, 0.717) is 31.4 Å². The number of phenolic OH excluding ortho intramolecular Hbond substituents is 1. The molecule has 0 saturated carbocycles. The molecule has 0 bridgehead atoms. The Hall–Kier alpha value is -8.84. The van der Waals surface area contributed by atoms with Crippen molar-refractivity contribution < 1.29 is 112 Å². The van der Waals surface area contributed by atoms with Gasteiger partial charge in [0.15, 0.2) is 12.8 Å². The number of piperidine rings is 1. The standard InChI is InChI=1S/C62H91N11O23S3/c1-10-14-51(83)95-31-73(60(90)52(33(5)11-2)69-58(89)45-15-12-13-20-72(45)9)46(32(3)4)28-47(96-36(8)75)59-68-43(29-97-59)57(88)64-38(24-37-16-18-39(76)19-17-37)23-34(6)53(84)70-71-62(93)94-21-22-98-99-30-44(61(91)92)67-56(87)42(27-50(81)82)66-55(86)41(26-49(79)80)65-54(85)40(25-48(77)78)63-35(7)74/h16-19,29,32-34,38,40-42,44-47,52,76H,10-15,20-28,30-31H2,1-9H3,(H,63,74)(H,64,88)(H,65,85)(H,66,86)(H,67,87)(H,69,89)(H,70,84)(H,71,93)(H,77,78)(H,79,80)(H,81,82)(H,91,92)/t33?,34-,38+,40-,41-,42-,44+,45+,46+,47+,52-/m0/s1. The van der Waals surface area contributed by atoms with Crippen LogP contribution < -0.4 is 42.8 Å². The molecule has 550 valence electrons. The highest BCUT2D eigenvalue weighted by Crippen LogP contribution is 2.32. The summed E-state index contributed by atoms with van der Waals surface area (Å²) >= 11 is 1.00. The first-order valence-electron chi connectivity index (χ1n) is 31.9. The van der Waals surface area contributed by atoms with Gasteiger partial charge in [0.2, 0.25) is 41.4 Å². The molecule has 0 aliphatic carbocycles. The van der Waals surface area contributed by atoms with E-state index in [1.807, 2.05) is 55.6 Å². The number of hydrogen-bond donors (Lipinski definition) is 13. The maximum absolute atomic E-state index is 15.0. The first-order valence-corrected chi connectivity index (χ1v) is 35.2. The first kappa shape index (κ1) is 84.4. The van der Waals surface area contributed by atoms with Crippen LogP contribution in [0.5, 0.6) is 5.75 Å². The van der Waals surface area contributed by atoms with E-state index >= 15 is 0 Å². The number of esters is 2. The lowest BCUT2D eigenvalue weighted by atomic mass is 9.92. The Bertz CT molecular complexity index is 3120. The number of aromatic hydroxyl groups is 1. The first-order chi connectivity index (χ1) is 46.6. The number of aliphatic carboxylic acids is 4. The molecule has 2 heterocycles. The Morgan fingerprint density at radius 1 is 0.717 bits per heavy atom. The highest BCUT2D eigenvalue weighted by Gasteiger charge is 2.41. The number of nitrogens with zero attached hydrogens (tertiary/aromatic N) is 3. The van der Waals surface area contributed by atoms with Gasteiger partial charge in [-0.25, -0.2) is 20.0 Å². The molecule has 1 unspecified atom stereocenters. The average Bonchev–Trinajstić information content (AvgIpc) is 1.76. The topological polar surface area (TPSA) is 500 Å². The molecule has 0 radical (unpaired) electrons. The van der Waals surface area contributed by atoms with Gasteiger partial charge in [0.25, 0.3) is 5.91 Å². The van der Waals surface area contributed by atoms with Crippen LogP contribution in [-0.2, 0) is 83.0 Å². The molecule has 11 atom stereocenters. The lowest BCUT2D eigenvalue weighted by Gasteiger charge is -2.39. The summed E-state index contributed by atoms with van der Waals surface area (Å²) in [6.45, 7) is 12.8. The summed E-state index contributed by atoms with van der Waals surface area (Å²) in [6.07, 6.45) is -2.06. The molecule has 1 fully saturated rings. The molecule has 2 aromatic rings. The van der Waals surface area contributed by atoms with Crippen LogP contribution in [0, 0.1) is 17.8 Å². The number of nitrogens with one attached hydrogen (secondary N) is 8. The van der Waals surface area contributed by atoms with Gasteiger partial charge in [0, 0.05) is 61.6 Å². The maximum atomic E-state index is 15.0. The number of carboxylic acids is 4. The van der Waals surface area contributed by atoms with E-state index < -0.39 is 175 Å². The van der Waals surface area contributed by atoms with Crippen LogP contribution >= 0.6 is 32.9 Å². The Morgan fingerprint density at radius 2 is 1.30 bits per heavy atom. The molecule has 1 aromatic heterocycles. The third kappa shape index (κ3) is 30.4. The minimum atomic E-state index is -2.05. The zero-order chi connectivity index (χ0) is 74.2. The second-order valence-electron chi connectivity index (χ2n) is 23.9. The highest BCUT2D eigenvalue weighted by molar-refractivity contribution is 8.76. The van der Waals surface area contributed by atoms with Crippen LogP contribution in [0.1, 0.15) is 153 Å². The van der Waals surface area contributed by atoms with Crippen molar-refractivity contribution in [3.63, 3.8) is 0 Å². The Morgan fingerprint density at radius 3 is 1.83 bits per heavy atom. The number of phenols is 1. The summed E-state index contributed by atoms with van der Waals surface area (Å²) < 4.78 is 16.7. The lowest BCUT2D eigenvalue weighted by Crippen LogP contribution is -2.59. The van der Waals surface area contributed by atoms with Crippen molar-refractivity contribution in [3.8, 4) is 5.75 Å². The van der Waals surface area contributed by atoms with Gasteiger partial charge in [-0.15, -0.1) is 11.3 Å². The van der Waals surface area contributed by atoms with Crippen LogP contribution in [0.4, 0.5) is 4.79 Å². The minimum absolute atomic E-state index is 0.00533. The van der Waals surface area contributed by atoms with Crippen molar-refractivity contribution in [3.05, 3.63) is 45.9 Å². The Kier molecular flexibility index (Phi) is 36.5. The molecule has 1 aliphatic heterocycles. The molecule has 13 N–H and O–H groups in total. The van der Waals surface area contributed by atoms with Crippen LogP contribution in [0.15, 0.2) is 29.6 Å². The van der Waals surface area contributed by atoms with E-state index in [4.69, 9.17) is 19.3 Å². The van der Waals surface area contributed by atoms with Crippen molar-refractivity contribution in [2.24, 2.45) is 17.8 Å². The molecule has 3 rings (SSSR count). The van der Waals surface area contributed by atoms with Crippen LogP contribution in [-0.4, -0.2) is 216 Å². The number of carboxylic acid groups (broad SMARTS) is 4. The number of carbonyl (C=O) groups is 15. The van der Waals surface area contributed by atoms with Crippen LogP contribution in [0.2, 0.25) is 0 Å². The summed E-state index contributed by atoms with van der Waals surface area (Å²) in [5.41, 5.74) is 4.92. The summed E-state index contributed by atoms with van der Waals surface area (Å²) in [5.74, 6) is -17.0. The van der Waals surface area contributed by atoms with Gasteiger partial charge < -0.3 is 76.5 Å². The minimum Gasteiger partial charge on any atom is -0.508 e. The van der Waals surface area contributed by atoms with Crippen molar-refractivity contribution in [2.75, 3.05) is 38.4 Å². The molecule has 34 nitrogen and oxygen atoms in total. The fourth-order valence-electron chi connectivity index (χ4n) is 10.1. The number of benzene rings is 1. The smallest absolute Gasteiger partial charge is 0.426 e. The van der Waals surface area contributed by atoms with E-state index in [0.717, 1.165) is 52.7 Å². The van der Waals surface area contributed by atoms with Crippen molar-refractivity contribution in [1.29, 1.82) is 0 Å². The number of amides is 9. The summed E-state index contributed by atoms with van der Waals surface area (Å²) in [6, 6.07) is -4.56. The quantitative estimate of drug-likeness (QED) is 0.0113. The molecule has 9 amide bonds. The second-order valence-corrected chi connectivity index (χ2v) is 27.4.